The van der Waals surface area contributed by atoms with Gasteiger partial charge in [0, 0.05) is 18.3 Å². The highest BCUT2D eigenvalue weighted by Gasteiger charge is 2.30. The molecule has 1 N–H and O–H groups in total. The second-order valence-electron chi connectivity index (χ2n) is 6.32. The molecular formula is C19H22N4O2S. The largest absolute Gasteiger partial charge is 0.491 e. The van der Waals surface area contributed by atoms with Crippen molar-refractivity contribution in [3.05, 3.63) is 53.5 Å². The zero-order chi connectivity index (χ0) is 18.7. The SMILES string of the molecule is CCn1cc(CN2C(=O)/C(=C\c3ccc(OC(C)C)cc3)NC2=S)cn1. The number of thiocarbonyl (C=S) groups is 1. The molecule has 2 aromatic rings. The van der Waals surface area contributed by atoms with Crippen molar-refractivity contribution in [3.63, 3.8) is 0 Å². The van der Waals surface area contributed by atoms with Crippen molar-refractivity contribution in [2.45, 2.75) is 40.0 Å². The molecule has 0 radical (unpaired) electrons. The molecule has 136 valence electrons. The Bertz CT molecular complexity index is 839. The Morgan fingerprint density at radius 2 is 2.04 bits per heavy atom. The molecule has 0 atom stereocenters. The maximum Gasteiger partial charge on any atom is 0.276 e. The fraction of sp³-hybridized carbons (Fsp3) is 0.316. The molecule has 0 saturated carbocycles. The van der Waals surface area contributed by atoms with Gasteiger partial charge in [-0.1, -0.05) is 12.1 Å². The van der Waals surface area contributed by atoms with E-state index in [-0.39, 0.29) is 12.0 Å². The monoisotopic (exact) mass is 370 g/mol. The molecule has 7 heteroatoms. The van der Waals surface area contributed by atoms with Gasteiger partial charge in [0.1, 0.15) is 11.4 Å². The van der Waals surface area contributed by atoms with Crippen molar-refractivity contribution in [2.75, 3.05) is 0 Å². The lowest BCUT2D eigenvalue weighted by molar-refractivity contribution is -0.122. The molecule has 1 aromatic carbocycles. The van der Waals surface area contributed by atoms with Crippen LogP contribution in [0.4, 0.5) is 0 Å². The predicted octanol–water partition coefficient (Wildman–Crippen LogP) is 2.95. The number of aryl methyl sites for hydroxylation is 1. The van der Waals surface area contributed by atoms with Gasteiger partial charge in [0.25, 0.3) is 5.91 Å². The lowest BCUT2D eigenvalue weighted by Crippen LogP contribution is -2.29. The maximum atomic E-state index is 12.7. The van der Waals surface area contributed by atoms with Crippen LogP contribution in [0.1, 0.15) is 31.9 Å². The number of nitrogens with one attached hydrogen (secondary N) is 1. The number of rotatable bonds is 6. The lowest BCUT2D eigenvalue weighted by Gasteiger charge is -2.12. The Labute approximate surface area is 158 Å². The first kappa shape index (κ1) is 18.1. The van der Waals surface area contributed by atoms with Gasteiger partial charge < -0.3 is 10.1 Å². The summed E-state index contributed by atoms with van der Waals surface area (Å²) in [6.07, 6.45) is 5.60. The minimum absolute atomic E-state index is 0.125. The van der Waals surface area contributed by atoms with Crippen LogP contribution in [-0.2, 0) is 17.9 Å². The summed E-state index contributed by atoms with van der Waals surface area (Å²) in [7, 11) is 0. The van der Waals surface area contributed by atoms with Crippen LogP contribution in [0.3, 0.4) is 0 Å². The standard InChI is InChI=1S/C19H22N4O2S/c1-4-22-11-15(10-20-22)12-23-18(24)17(21-19(23)26)9-14-5-7-16(8-6-14)25-13(2)3/h5-11,13H,4,12H2,1-3H3,(H,21,26)/b17-9+. The first-order valence-corrected chi connectivity index (χ1v) is 8.99. The third kappa shape index (κ3) is 4.11. The number of amides is 1. The number of nitrogens with zero attached hydrogens (tertiary/aromatic N) is 3. The summed E-state index contributed by atoms with van der Waals surface area (Å²) >= 11 is 5.32. The molecule has 2 heterocycles. The summed E-state index contributed by atoms with van der Waals surface area (Å²) in [6.45, 7) is 7.18. The Kier molecular flexibility index (Phi) is 5.37. The lowest BCUT2D eigenvalue weighted by atomic mass is 10.2. The normalized spacial score (nSPS) is 15.8. The van der Waals surface area contributed by atoms with E-state index in [1.165, 1.54) is 0 Å². The summed E-state index contributed by atoms with van der Waals surface area (Å²) in [4.78, 5) is 14.2. The van der Waals surface area contributed by atoms with Gasteiger partial charge in [0.15, 0.2) is 5.11 Å². The zero-order valence-corrected chi connectivity index (χ0v) is 15.9. The smallest absolute Gasteiger partial charge is 0.276 e. The Morgan fingerprint density at radius 1 is 1.31 bits per heavy atom. The molecule has 1 fully saturated rings. The minimum atomic E-state index is -0.137. The highest BCUT2D eigenvalue weighted by molar-refractivity contribution is 7.80. The van der Waals surface area contributed by atoms with E-state index in [9.17, 15) is 4.79 Å². The highest BCUT2D eigenvalue weighted by atomic mass is 32.1. The molecule has 1 amide bonds. The van der Waals surface area contributed by atoms with Crippen LogP contribution in [0.2, 0.25) is 0 Å². The van der Waals surface area contributed by atoms with E-state index in [2.05, 4.69) is 10.4 Å². The number of carbonyl (C=O) groups is 1. The van der Waals surface area contributed by atoms with Gasteiger partial charge >= 0.3 is 0 Å². The van der Waals surface area contributed by atoms with Gasteiger partial charge in [-0.15, -0.1) is 0 Å². The van der Waals surface area contributed by atoms with Crippen LogP contribution in [0.15, 0.2) is 42.4 Å². The second kappa shape index (κ2) is 7.70. The van der Waals surface area contributed by atoms with Crippen LogP contribution in [-0.4, -0.2) is 31.8 Å². The highest BCUT2D eigenvalue weighted by Crippen LogP contribution is 2.19. The average Bonchev–Trinajstić information content (AvgIpc) is 3.16. The number of ether oxygens (including phenoxy) is 1. The van der Waals surface area contributed by atoms with Crippen LogP contribution in [0.25, 0.3) is 6.08 Å². The minimum Gasteiger partial charge on any atom is -0.491 e. The fourth-order valence-electron chi connectivity index (χ4n) is 2.64. The molecule has 1 aliphatic rings. The third-order valence-corrected chi connectivity index (χ3v) is 4.20. The predicted molar refractivity (Wildman–Crippen MR) is 104 cm³/mol. The third-order valence-electron chi connectivity index (χ3n) is 3.88. The molecule has 0 unspecified atom stereocenters. The zero-order valence-electron chi connectivity index (χ0n) is 15.1. The summed E-state index contributed by atoms with van der Waals surface area (Å²) in [5, 5.41) is 7.64. The van der Waals surface area contributed by atoms with E-state index >= 15 is 0 Å². The van der Waals surface area contributed by atoms with Crippen molar-refractivity contribution >= 4 is 29.3 Å². The van der Waals surface area contributed by atoms with Gasteiger partial charge in [0.2, 0.25) is 0 Å². The van der Waals surface area contributed by atoms with E-state index in [0.717, 1.165) is 23.4 Å². The first-order valence-electron chi connectivity index (χ1n) is 8.59. The Morgan fingerprint density at radius 3 is 2.65 bits per heavy atom. The summed E-state index contributed by atoms with van der Waals surface area (Å²) < 4.78 is 7.46. The molecule has 6 nitrogen and oxygen atoms in total. The summed E-state index contributed by atoms with van der Waals surface area (Å²) in [5.74, 6) is 0.666. The number of benzene rings is 1. The molecular weight excluding hydrogens is 348 g/mol. The fourth-order valence-corrected chi connectivity index (χ4v) is 2.90. The number of aromatic nitrogens is 2. The van der Waals surface area contributed by atoms with E-state index in [1.807, 2.05) is 55.9 Å². The summed E-state index contributed by atoms with van der Waals surface area (Å²) in [6, 6.07) is 7.61. The van der Waals surface area contributed by atoms with Crippen molar-refractivity contribution in [1.82, 2.24) is 20.0 Å². The van der Waals surface area contributed by atoms with E-state index in [4.69, 9.17) is 17.0 Å². The van der Waals surface area contributed by atoms with Crippen LogP contribution >= 0.6 is 12.2 Å². The van der Waals surface area contributed by atoms with Gasteiger partial charge in [0.05, 0.1) is 18.8 Å². The van der Waals surface area contributed by atoms with E-state index < -0.39 is 0 Å². The quantitative estimate of drug-likeness (QED) is 0.626. The van der Waals surface area contributed by atoms with E-state index in [0.29, 0.717) is 17.4 Å². The van der Waals surface area contributed by atoms with Crippen LogP contribution < -0.4 is 10.1 Å². The molecule has 0 aliphatic carbocycles. The molecule has 0 bridgehead atoms. The number of hydrogen-bond acceptors (Lipinski definition) is 4. The van der Waals surface area contributed by atoms with E-state index in [1.54, 1.807) is 17.2 Å². The topological polar surface area (TPSA) is 59.4 Å². The van der Waals surface area contributed by atoms with Crippen molar-refractivity contribution in [1.29, 1.82) is 0 Å². The first-order chi connectivity index (χ1) is 12.5. The average molecular weight is 370 g/mol. The van der Waals surface area contributed by atoms with Crippen LogP contribution in [0.5, 0.6) is 5.75 Å². The molecule has 1 saturated heterocycles. The Hall–Kier alpha value is -2.67. The molecule has 26 heavy (non-hydrogen) atoms. The number of hydrogen-bond donors (Lipinski definition) is 1. The Balaban J connectivity index is 1.72. The van der Waals surface area contributed by atoms with Crippen LogP contribution in [0, 0.1) is 0 Å². The molecule has 0 spiro atoms. The summed E-state index contributed by atoms with van der Waals surface area (Å²) in [5.41, 5.74) is 2.32. The van der Waals surface area contributed by atoms with Gasteiger partial charge in [-0.2, -0.15) is 5.10 Å². The molecule has 3 rings (SSSR count). The van der Waals surface area contributed by atoms with Gasteiger partial charge in [-0.3, -0.25) is 14.4 Å². The molecule has 1 aromatic heterocycles. The maximum absolute atomic E-state index is 12.7. The van der Waals surface area contributed by atoms with Gasteiger partial charge in [-0.25, -0.2) is 0 Å². The second-order valence-corrected chi connectivity index (χ2v) is 6.71. The van der Waals surface area contributed by atoms with Crippen molar-refractivity contribution in [3.8, 4) is 5.75 Å². The van der Waals surface area contributed by atoms with Crippen molar-refractivity contribution in [2.24, 2.45) is 0 Å². The van der Waals surface area contributed by atoms with Crippen molar-refractivity contribution < 1.29 is 9.53 Å². The number of carbonyl (C=O) groups excluding carboxylic acids is 1. The molecule has 1 aliphatic heterocycles. The van der Waals surface area contributed by atoms with Gasteiger partial charge in [-0.05, 0) is 56.8 Å².